The Balaban J connectivity index is 2.74. The van der Waals surface area contributed by atoms with E-state index >= 15 is 0 Å². The maximum absolute atomic E-state index is 11.8. The van der Waals surface area contributed by atoms with Gasteiger partial charge in [0.1, 0.15) is 6.04 Å². The van der Waals surface area contributed by atoms with Crippen LogP contribution in [0.3, 0.4) is 0 Å². The summed E-state index contributed by atoms with van der Waals surface area (Å²) in [7, 11) is -2.65. The zero-order chi connectivity index (χ0) is 14.5. The Labute approximate surface area is 111 Å². The lowest BCUT2D eigenvalue weighted by atomic mass is 10.2. The van der Waals surface area contributed by atoms with Crippen LogP contribution in [0.5, 0.6) is 0 Å². The Morgan fingerprint density at radius 2 is 1.95 bits per heavy atom. The second-order valence-corrected chi connectivity index (χ2v) is 5.75. The number of hydrogen-bond acceptors (Lipinski definition) is 4. The van der Waals surface area contributed by atoms with Gasteiger partial charge in [-0.1, -0.05) is 30.3 Å². The van der Waals surface area contributed by atoms with Crippen molar-refractivity contribution >= 4 is 16.2 Å². The Bertz CT molecular complexity index is 517. The lowest BCUT2D eigenvalue weighted by Crippen LogP contribution is -2.48. The van der Waals surface area contributed by atoms with Crippen molar-refractivity contribution in [2.24, 2.45) is 0 Å². The molecule has 19 heavy (non-hydrogen) atoms. The molecule has 0 fully saturated rings. The van der Waals surface area contributed by atoms with Gasteiger partial charge in [-0.2, -0.15) is 17.4 Å². The second-order valence-electron chi connectivity index (χ2n) is 3.94. The third-order valence-corrected chi connectivity index (χ3v) is 3.96. The van der Waals surface area contributed by atoms with Crippen LogP contribution in [-0.4, -0.2) is 48.6 Å². The first-order valence-corrected chi connectivity index (χ1v) is 6.92. The predicted molar refractivity (Wildman–Crippen MR) is 68.5 cm³/mol. The monoisotopic (exact) mass is 288 g/mol. The van der Waals surface area contributed by atoms with Crippen LogP contribution in [0, 0.1) is 0 Å². The van der Waals surface area contributed by atoms with Gasteiger partial charge in [-0.15, -0.1) is 0 Å². The number of aliphatic carboxylic acids is 1. The average molecular weight is 288 g/mol. The number of carboxylic acids is 1. The molecule has 0 radical (unpaired) electrons. The second kappa shape index (κ2) is 6.62. The molecule has 0 amide bonds. The molecule has 0 aromatic heterocycles. The summed E-state index contributed by atoms with van der Waals surface area (Å²) in [5.41, 5.74) is 0.770. The molecular weight excluding hydrogens is 272 g/mol. The molecule has 0 saturated heterocycles. The summed E-state index contributed by atoms with van der Waals surface area (Å²) < 4.78 is 26.6. The van der Waals surface area contributed by atoms with Crippen molar-refractivity contribution < 1.29 is 23.4 Å². The Hall–Kier alpha value is -1.48. The standard InChI is InChI=1S/C11H16N2O5S/c1-13(7-9-5-3-2-4-6-9)19(17,18)12-10(8-14)11(15)16/h2-6,10,12,14H,7-8H2,1H3,(H,15,16)/t10-/m0/s1. The molecule has 0 bridgehead atoms. The quantitative estimate of drug-likeness (QED) is 0.621. The van der Waals surface area contributed by atoms with Gasteiger partial charge in [-0.05, 0) is 5.56 Å². The summed E-state index contributed by atoms with van der Waals surface area (Å²) in [6, 6.07) is 7.32. The van der Waals surface area contributed by atoms with E-state index in [2.05, 4.69) is 0 Å². The number of nitrogens with one attached hydrogen (secondary N) is 1. The van der Waals surface area contributed by atoms with Gasteiger partial charge in [0.15, 0.2) is 0 Å². The van der Waals surface area contributed by atoms with E-state index in [0.717, 1.165) is 9.87 Å². The summed E-state index contributed by atoms with van der Waals surface area (Å²) in [6.07, 6.45) is 0. The number of hydrogen-bond donors (Lipinski definition) is 3. The fourth-order valence-corrected chi connectivity index (χ4v) is 2.39. The lowest BCUT2D eigenvalue weighted by molar-refractivity contribution is -0.139. The average Bonchev–Trinajstić information content (AvgIpc) is 2.36. The van der Waals surface area contributed by atoms with Crippen LogP contribution in [0.2, 0.25) is 0 Å². The Morgan fingerprint density at radius 1 is 1.37 bits per heavy atom. The largest absolute Gasteiger partial charge is 0.480 e. The van der Waals surface area contributed by atoms with Crippen molar-refractivity contribution in [3.63, 3.8) is 0 Å². The number of benzene rings is 1. The van der Waals surface area contributed by atoms with Gasteiger partial charge in [-0.25, -0.2) is 0 Å². The van der Waals surface area contributed by atoms with Crippen molar-refractivity contribution in [1.82, 2.24) is 9.03 Å². The molecule has 0 unspecified atom stereocenters. The highest BCUT2D eigenvalue weighted by Crippen LogP contribution is 2.06. The van der Waals surface area contributed by atoms with Gasteiger partial charge < -0.3 is 10.2 Å². The zero-order valence-electron chi connectivity index (χ0n) is 10.4. The molecule has 1 aromatic carbocycles. The van der Waals surface area contributed by atoms with Crippen molar-refractivity contribution in [2.75, 3.05) is 13.7 Å². The van der Waals surface area contributed by atoms with Gasteiger partial charge in [0, 0.05) is 13.6 Å². The molecule has 106 valence electrons. The van der Waals surface area contributed by atoms with Crippen molar-refractivity contribution in [3.05, 3.63) is 35.9 Å². The molecule has 1 atom stereocenters. The number of aliphatic hydroxyl groups is 1. The van der Waals surface area contributed by atoms with Crippen molar-refractivity contribution in [3.8, 4) is 0 Å². The van der Waals surface area contributed by atoms with Gasteiger partial charge in [0.25, 0.3) is 10.2 Å². The summed E-state index contributed by atoms with van der Waals surface area (Å²) in [6.45, 7) is -0.707. The number of rotatable bonds is 7. The van der Waals surface area contributed by atoms with Crippen LogP contribution in [-0.2, 0) is 21.5 Å². The summed E-state index contributed by atoms with van der Waals surface area (Å²) >= 11 is 0. The number of nitrogens with zero attached hydrogens (tertiary/aromatic N) is 1. The fourth-order valence-electron chi connectivity index (χ4n) is 1.36. The summed E-state index contributed by atoms with van der Waals surface area (Å²) in [4.78, 5) is 10.7. The van der Waals surface area contributed by atoms with E-state index in [-0.39, 0.29) is 6.54 Å². The maximum Gasteiger partial charge on any atom is 0.324 e. The molecule has 0 saturated carbocycles. The molecule has 0 spiro atoms. The first-order chi connectivity index (χ1) is 8.86. The number of aliphatic hydroxyl groups excluding tert-OH is 1. The molecule has 8 heteroatoms. The van der Waals surface area contributed by atoms with Crippen LogP contribution in [0.25, 0.3) is 0 Å². The van der Waals surface area contributed by atoms with E-state index in [1.165, 1.54) is 7.05 Å². The van der Waals surface area contributed by atoms with Gasteiger partial charge in [0.05, 0.1) is 6.61 Å². The van der Waals surface area contributed by atoms with Crippen molar-refractivity contribution in [1.29, 1.82) is 0 Å². The summed E-state index contributed by atoms with van der Waals surface area (Å²) in [5.74, 6) is -1.43. The van der Waals surface area contributed by atoms with Gasteiger partial charge >= 0.3 is 5.97 Å². The van der Waals surface area contributed by atoms with Gasteiger partial charge in [-0.3, -0.25) is 4.79 Å². The van der Waals surface area contributed by atoms with E-state index in [0.29, 0.717) is 0 Å². The van der Waals surface area contributed by atoms with Gasteiger partial charge in [0.2, 0.25) is 0 Å². The van der Waals surface area contributed by atoms with Crippen LogP contribution in [0.4, 0.5) is 0 Å². The molecular formula is C11H16N2O5S. The minimum absolute atomic E-state index is 0.105. The first-order valence-electron chi connectivity index (χ1n) is 5.48. The number of carboxylic acid groups (broad SMARTS) is 1. The molecule has 3 N–H and O–H groups in total. The molecule has 0 heterocycles. The van der Waals surface area contributed by atoms with Crippen LogP contribution < -0.4 is 4.72 Å². The fraction of sp³-hybridized carbons (Fsp3) is 0.364. The topological polar surface area (TPSA) is 107 Å². The highest BCUT2D eigenvalue weighted by atomic mass is 32.2. The van der Waals surface area contributed by atoms with E-state index in [1.807, 2.05) is 10.8 Å². The molecule has 0 aliphatic heterocycles. The van der Waals surface area contributed by atoms with Crippen LogP contribution >= 0.6 is 0 Å². The third-order valence-electron chi connectivity index (χ3n) is 2.43. The molecule has 0 aliphatic carbocycles. The molecule has 1 rings (SSSR count). The minimum atomic E-state index is -3.97. The maximum atomic E-state index is 11.8. The molecule has 7 nitrogen and oxygen atoms in total. The normalized spacial score (nSPS) is 13.4. The molecule has 1 aromatic rings. The van der Waals surface area contributed by atoms with E-state index in [9.17, 15) is 13.2 Å². The predicted octanol–water partition coefficient (Wildman–Crippen LogP) is -0.602. The van der Waals surface area contributed by atoms with Crippen molar-refractivity contribution in [2.45, 2.75) is 12.6 Å². The minimum Gasteiger partial charge on any atom is -0.480 e. The summed E-state index contributed by atoms with van der Waals surface area (Å²) in [5, 5.41) is 17.5. The Morgan fingerprint density at radius 3 is 2.42 bits per heavy atom. The molecule has 0 aliphatic rings. The van der Waals surface area contributed by atoms with E-state index in [1.54, 1.807) is 24.3 Å². The third kappa shape index (κ3) is 4.60. The zero-order valence-corrected chi connectivity index (χ0v) is 11.2. The smallest absolute Gasteiger partial charge is 0.324 e. The van der Waals surface area contributed by atoms with Crippen LogP contribution in [0.15, 0.2) is 30.3 Å². The highest BCUT2D eigenvalue weighted by molar-refractivity contribution is 7.87. The first kappa shape index (κ1) is 15.6. The highest BCUT2D eigenvalue weighted by Gasteiger charge is 2.26. The lowest BCUT2D eigenvalue weighted by Gasteiger charge is -2.20. The number of carbonyl (C=O) groups is 1. The van der Waals surface area contributed by atoms with Crippen LogP contribution in [0.1, 0.15) is 5.56 Å². The van der Waals surface area contributed by atoms with E-state index in [4.69, 9.17) is 10.2 Å². The Kier molecular flexibility index (Phi) is 5.43. The van der Waals surface area contributed by atoms with E-state index < -0.39 is 28.8 Å². The SMILES string of the molecule is CN(Cc1ccccc1)S(=O)(=O)N[C@@H](CO)C(=O)O.